The molecule has 3 nitrogen and oxygen atoms in total. The Kier molecular flexibility index (Phi) is 8.15. The van der Waals surface area contributed by atoms with Crippen LogP contribution in [0.2, 0.25) is 0 Å². The number of benzene rings is 10. The first-order valence-corrected chi connectivity index (χ1v) is 19.7. The maximum Gasteiger partial charge on any atom is 0.164 e. The van der Waals surface area contributed by atoms with Crippen LogP contribution in [0.3, 0.4) is 0 Å². The fourth-order valence-electron chi connectivity index (χ4n) is 8.39. The van der Waals surface area contributed by atoms with Crippen LogP contribution < -0.4 is 0 Å². The molecule has 3 heteroatoms. The highest BCUT2D eigenvalue weighted by atomic mass is 15.0. The molecule has 1 aromatic heterocycles. The second-order valence-corrected chi connectivity index (χ2v) is 14.8. The normalized spacial score (nSPS) is 11.4. The van der Waals surface area contributed by atoms with Gasteiger partial charge in [0, 0.05) is 16.7 Å². The molecule has 11 aromatic rings. The Morgan fingerprint density at radius 2 is 0.621 bits per heavy atom. The van der Waals surface area contributed by atoms with Gasteiger partial charge in [0.25, 0.3) is 0 Å². The van der Waals surface area contributed by atoms with Crippen molar-refractivity contribution in [1.82, 2.24) is 15.0 Å². The van der Waals surface area contributed by atoms with Gasteiger partial charge in [0.05, 0.1) is 0 Å². The van der Waals surface area contributed by atoms with Crippen molar-refractivity contribution < 1.29 is 0 Å². The predicted octanol–water partition coefficient (Wildman–Crippen LogP) is 14.5. The van der Waals surface area contributed by atoms with E-state index in [2.05, 4.69) is 188 Å². The Balaban J connectivity index is 1.18. The molecule has 0 fully saturated rings. The van der Waals surface area contributed by atoms with Crippen LogP contribution in [0.25, 0.3) is 111 Å². The van der Waals surface area contributed by atoms with Gasteiger partial charge in [-0.15, -0.1) is 0 Å². The first-order valence-electron chi connectivity index (χ1n) is 19.7. The molecule has 0 saturated carbocycles. The SMILES string of the molecule is c1ccc(-c2nc(-c3ccccc3-c3ccccc3)nc(-c3cc(-c4ccc5ccc6ccccc6c5c4)ccc3-c3ccc4ccc5ccccc5c4c3)n2)cc1. The van der Waals surface area contributed by atoms with Gasteiger partial charge in [-0.1, -0.05) is 194 Å². The summed E-state index contributed by atoms with van der Waals surface area (Å²) < 4.78 is 0. The summed E-state index contributed by atoms with van der Waals surface area (Å²) in [5.74, 6) is 1.87. The lowest BCUT2D eigenvalue weighted by Gasteiger charge is -2.16. The minimum absolute atomic E-state index is 0.618. The number of aromatic nitrogens is 3. The van der Waals surface area contributed by atoms with Crippen molar-refractivity contribution in [2.45, 2.75) is 0 Å². The van der Waals surface area contributed by atoms with Crippen molar-refractivity contribution in [3.8, 4) is 67.5 Å². The summed E-state index contributed by atoms with van der Waals surface area (Å²) in [6, 6.07) is 75.4. The van der Waals surface area contributed by atoms with E-state index in [1.807, 2.05) is 24.3 Å². The van der Waals surface area contributed by atoms with Crippen molar-refractivity contribution in [3.63, 3.8) is 0 Å². The lowest BCUT2D eigenvalue weighted by molar-refractivity contribution is 1.07. The predicted molar refractivity (Wildman–Crippen MR) is 242 cm³/mol. The number of hydrogen-bond donors (Lipinski definition) is 0. The number of hydrogen-bond acceptors (Lipinski definition) is 3. The summed E-state index contributed by atoms with van der Waals surface area (Å²) >= 11 is 0. The van der Waals surface area contributed by atoms with E-state index in [1.165, 1.54) is 43.1 Å². The van der Waals surface area contributed by atoms with Gasteiger partial charge in [-0.05, 0) is 94.7 Å². The van der Waals surface area contributed by atoms with E-state index in [0.29, 0.717) is 17.5 Å². The van der Waals surface area contributed by atoms with Crippen LogP contribution in [0.15, 0.2) is 212 Å². The van der Waals surface area contributed by atoms with Crippen molar-refractivity contribution in [3.05, 3.63) is 212 Å². The number of nitrogens with zero attached hydrogens (tertiary/aromatic N) is 3. The molecule has 1 heterocycles. The van der Waals surface area contributed by atoms with Crippen molar-refractivity contribution >= 4 is 43.1 Å². The van der Waals surface area contributed by atoms with E-state index in [0.717, 1.165) is 50.1 Å². The van der Waals surface area contributed by atoms with Crippen LogP contribution in [-0.4, -0.2) is 15.0 Å². The molecular weight excluding hydrogens is 703 g/mol. The summed E-state index contributed by atoms with van der Waals surface area (Å²) in [6.45, 7) is 0. The smallest absolute Gasteiger partial charge is 0.164 e. The summed E-state index contributed by atoms with van der Waals surface area (Å²) in [4.78, 5) is 15.9. The second kappa shape index (κ2) is 14.1. The molecule has 0 bridgehead atoms. The van der Waals surface area contributed by atoms with E-state index < -0.39 is 0 Å². The van der Waals surface area contributed by atoms with E-state index in [-0.39, 0.29) is 0 Å². The Hall–Kier alpha value is -7.75. The summed E-state index contributed by atoms with van der Waals surface area (Å²) in [5, 5.41) is 9.79. The van der Waals surface area contributed by atoms with Crippen LogP contribution in [0.1, 0.15) is 0 Å². The van der Waals surface area contributed by atoms with Crippen LogP contribution in [0, 0.1) is 0 Å². The van der Waals surface area contributed by atoms with Gasteiger partial charge in [-0.3, -0.25) is 0 Å². The highest BCUT2D eigenvalue weighted by molar-refractivity contribution is 6.10. The third kappa shape index (κ3) is 5.98. The average molecular weight is 738 g/mol. The molecule has 0 amide bonds. The first kappa shape index (κ1) is 33.6. The molecule has 10 aromatic carbocycles. The van der Waals surface area contributed by atoms with Gasteiger partial charge in [0.15, 0.2) is 17.5 Å². The molecule has 58 heavy (non-hydrogen) atoms. The molecule has 0 aliphatic heterocycles. The van der Waals surface area contributed by atoms with Gasteiger partial charge in [-0.25, -0.2) is 15.0 Å². The second-order valence-electron chi connectivity index (χ2n) is 14.8. The zero-order valence-corrected chi connectivity index (χ0v) is 31.5. The molecule has 0 aliphatic carbocycles. The molecule has 0 spiro atoms. The quantitative estimate of drug-likeness (QED) is 0.160. The lowest BCUT2D eigenvalue weighted by atomic mass is 9.91. The van der Waals surface area contributed by atoms with Crippen molar-refractivity contribution in [2.24, 2.45) is 0 Å². The number of fused-ring (bicyclic) bond motifs is 6. The molecule has 0 unspecified atom stereocenters. The summed E-state index contributed by atoms with van der Waals surface area (Å²) in [5.41, 5.74) is 9.37. The molecule has 0 N–H and O–H groups in total. The van der Waals surface area contributed by atoms with Crippen molar-refractivity contribution in [2.75, 3.05) is 0 Å². The Morgan fingerprint density at radius 1 is 0.207 bits per heavy atom. The average Bonchev–Trinajstić information content (AvgIpc) is 3.31. The minimum Gasteiger partial charge on any atom is -0.208 e. The monoisotopic (exact) mass is 737 g/mol. The summed E-state index contributed by atoms with van der Waals surface area (Å²) in [6.07, 6.45) is 0. The summed E-state index contributed by atoms with van der Waals surface area (Å²) in [7, 11) is 0. The molecule has 0 atom stereocenters. The first-order chi connectivity index (χ1) is 28.7. The third-order valence-corrected chi connectivity index (χ3v) is 11.3. The van der Waals surface area contributed by atoms with E-state index in [9.17, 15) is 0 Å². The van der Waals surface area contributed by atoms with E-state index in [1.54, 1.807) is 0 Å². The van der Waals surface area contributed by atoms with Crippen LogP contribution in [-0.2, 0) is 0 Å². The maximum absolute atomic E-state index is 5.39. The highest BCUT2D eigenvalue weighted by Crippen LogP contribution is 2.40. The van der Waals surface area contributed by atoms with Gasteiger partial charge in [0.2, 0.25) is 0 Å². The van der Waals surface area contributed by atoms with Crippen LogP contribution in [0.4, 0.5) is 0 Å². The molecule has 0 radical (unpaired) electrons. The van der Waals surface area contributed by atoms with Gasteiger partial charge in [-0.2, -0.15) is 0 Å². The van der Waals surface area contributed by atoms with Gasteiger partial charge >= 0.3 is 0 Å². The lowest BCUT2D eigenvalue weighted by Crippen LogP contribution is -2.02. The van der Waals surface area contributed by atoms with E-state index in [4.69, 9.17) is 15.0 Å². The third-order valence-electron chi connectivity index (χ3n) is 11.3. The molecule has 11 rings (SSSR count). The fourth-order valence-corrected chi connectivity index (χ4v) is 8.39. The minimum atomic E-state index is 0.618. The largest absolute Gasteiger partial charge is 0.208 e. The molecule has 270 valence electrons. The highest BCUT2D eigenvalue weighted by Gasteiger charge is 2.19. The molecular formula is C55H35N3. The number of rotatable bonds is 6. The Morgan fingerprint density at radius 3 is 1.28 bits per heavy atom. The van der Waals surface area contributed by atoms with Gasteiger partial charge in [0.1, 0.15) is 0 Å². The van der Waals surface area contributed by atoms with Crippen molar-refractivity contribution in [1.29, 1.82) is 0 Å². The fraction of sp³-hybridized carbons (Fsp3) is 0. The molecule has 0 saturated heterocycles. The van der Waals surface area contributed by atoms with Gasteiger partial charge < -0.3 is 0 Å². The topological polar surface area (TPSA) is 38.7 Å². The molecule has 0 aliphatic rings. The van der Waals surface area contributed by atoms with Crippen LogP contribution in [0.5, 0.6) is 0 Å². The van der Waals surface area contributed by atoms with Crippen LogP contribution >= 0.6 is 0 Å². The van der Waals surface area contributed by atoms with E-state index >= 15 is 0 Å². The Bertz CT molecular complexity index is 3340. The Labute approximate surface area is 336 Å². The maximum atomic E-state index is 5.39. The standard InChI is InChI=1S/C55H35N3/c1-3-13-36(14-4-1)45-19-11-12-22-49(45)54-56-53(41-17-5-2-6-18-41)57-55(58-54)52-34-43(42-29-27-39-25-23-37-15-7-9-20-46(37)50(39)33-42)31-32-48(52)44-30-28-40-26-24-38-16-8-10-21-47(38)51(40)35-44/h1-35H. The zero-order valence-electron chi connectivity index (χ0n) is 31.5. The zero-order chi connectivity index (χ0) is 38.4.